The zero-order valence-electron chi connectivity index (χ0n) is 7.06. The molecule has 0 spiro atoms. The van der Waals surface area contributed by atoms with E-state index in [1.807, 2.05) is 17.5 Å². The van der Waals surface area contributed by atoms with Gasteiger partial charge >= 0.3 is 0 Å². The molecule has 0 atom stereocenters. The van der Waals surface area contributed by atoms with Crippen molar-refractivity contribution in [3.63, 3.8) is 0 Å². The van der Waals surface area contributed by atoms with E-state index in [-0.39, 0.29) is 10.2 Å². The topological polar surface area (TPSA) is 34.1 Å². The molecule has 0 radical (unpaired) electrons. The molecule has 1 aliphatic rings. The van der Waals surface area contributed by atoms with Gasteiger partial charge < -0.3 is 0 Å². The van der Waals surface area contributed by atoms with Crippen LogP contribution in [0.15, 0.2) is 22.4 Å². The first-order valence-electron chi connectivity index (χ1n) is 3.89. The summed E-state index contributed by atoms with van der Waals surface area (Å²) in [6.07, 6.45) is 1.78. The third-order valence-corrected chi connectivity index (χ3v) is 4.48. The lowest BCUT2D eigenvalue weighted by atomic mass is 10.4. The number of thioether (sulfide) groups is 2. The molecule has 0 unspecified atom stereocenters. The summed E-state index contributed by atoms with van der Waals surface area (Å²) >= 11 is 3.69. The van der Waals surface area contributed by atoms with E-state index in [4.69, 9.17) is 0 Å². The molecule has 2 nitrogen and oxygen atoms in total. The Balaban J connectivity index is 2.23. The van der Waals surface area contributed by atoms with Crippen molar-refractivity contribution >= 4 is 51.2 Å². The molecule has 1 aromatic rings. The van der Waals surface area contributed by atoms with Crippen molar-refractivity contribution in [2.75, 3.05) is 5.75 Å². The molecule has 1 aromatic heterocycles. The smallest absolute Gasteiger partial charge is 0.226 e. The normalized spacial score (nSPS) is 20.4. The van der Waals surface area contributed by atoms with Gasteiger partial charge in [0.05, 0.1) is 10.7 Å². The van der Waals surface area contributed by atoms with Crippen LogP contribution in [-0.2, 0) is 9.59 Å². The van der Waals surface area contributed by atoms with Gasteiger partial charge in [-0.15, -0.1) is 11.3 Å². The van der Waals surface area contributed by atoms with Crippen molar-refractivity contribution in [2.24, 2.45) is 0 Å². The Morgan fingerprint density at radius 1 is 1.36 bits per heavy atom. The summed E-state index contributed by atoms with van der Waals surface area (Å²) in [5.41, 5.74) is 0. The summed E-state index contributed by atoms with van der Waals surface area (Å²) in [5, 5.41) is 2.00. The van der Waals surface area contributed by atoms with Gasteiger partial charge in [-0.1, -0.05) is 17.8 Å². The summed E-state index contributed by atoms with van der Waals surface area (Å²) in [7, 11) is 0. The lowest BCUT2D eigenvalue weighted by Crippen LogP contribution is -2.09. The molecular weight excluding hydrogens is 236 g/mol. The van der Waals surface area contributed by atoms with Crippen LogP contribution in [-0.4, -0.2) is 16.0 Å². The number of hydrogen-bond donors (Lipinski definition) is 0. The summed E-state index contributed by atoms with van der Waals surface area (Å²) in [6.45, 7) is 0. The van der Waals surface area contributed by atoms with Gasteiger partial charge in [-0.25, -0.2) is 0 Å². The number of carbonyl (C=O) groups excluding carboxylic acids is 2. The highest BCUT2D eigenvalue weighted by Gasteiger charge is 2.22. The van der Waals surface area contributed by atoms with E-state index in [0.717, 1.165) is 28.4 Å². The molecular formula is C9H6O2S3. The third kappa shape index (κ3) is 2.29. The Morgan fingerprint density at radius 2 is 2.21 bits per heavy atom. The van der Waals surface area contributed by atoms with E-state index in [1.165, 1.54) is 0 Å². The Kier molecular flexibility index (Phi) is 3.10. The third-order valence-electron chi connectivity index (χ3n) is 1.56. The lowest BCUT2D eigenvalue weighted by Gasteiger charge is -2.09. The van der Waals surface area contributed by atoms with E-state index in [0.29, 0.717) is 10.7 Å². The SMILES string of the molecule is O=C1CSC(=O)/C(=C/c2cccs2)S1. The molecule has 14 heavy (non-hydrogen) atoms. The Labute approximate surface area is 93.8 Å². The molecule has 0 aliphatic carbocycles. The molecule has 0 bridgehead atoms. The molecule has 72 valence electrons. The van der Waals surface area contributed by atoms with Crippen LogP contribution in [0, 0.1) is 0 Å². The van der Waals surface area contributed by atoms with Gasteiger partial charge in [-0.05, 0) is 29.3 Å². The highest BCUT2D eigenvalue weighted by molar-refractivity contribution is 8.27. The minimum atomic E-state index is 0.00278. The highest BCUT2D eigenvalue weighted by Crippen LogP contribution is 2.32. The lowest BCUT2D eigenvalue weighted by molar-refractivity contribution is -0.110. The quantitative estimate of drug-likeness (QED) is 0.709. The van der Waals surface area contributed by atoms with Gasteiger partial charge in [0.1, 0.15) is 0 Å². The second-order valence-electron chi connectivity index (χ2n) is 2.57. The minimum absolute atomic E-state index is 0.00278. The predicted octanol–water partition coefficient (Wildman–Crippen LogP) is 2.62. The highest BCUT2D eigenvalue weighted by atomic mass is 32.2. The molecule has 5 heteroatoms. The van der Waals surface area contributed by atoms with Crippen molar-refractivity contribution in [1.29, 1.82) is 0 Å². The van der Waals surface area contributed by atoms with Crippen LogP contribution < -0.4 is 0 Å². The van der Waals surface area contributed by atoms with Gasteiger partial charge in [-0.3, -0.25) is 9.59 Å². The Bertz CT molecular complexity index is 392. The number of thiophene rings is 1. The van der Waals surface area contributed by atoms with Gasteiger partial charge in [0.2, 0.25) is 10.2 Å². The van der Waals surface area contributed by atoms with Crippen LogP contribution in [0.3, 0.4) is 0 Å². The number of carbonyl (C=O) groups is 2. The maximum atomic E-state index is 11.4. The Morgan fingerprint density at radius 3 is 2.93 bits per heavy atom. The van der Waals surface area contributed by atoms with Crippen LogP contribution >= 0.6 is 34.9 Å². The number of hydrogen-bond acceptors (Lipinski definition) is 5. The first-order chi connectivity index (χ1) is 6.75. The van der Waals surface area contributed by atoms with E-state index in [9.17, 15) is 9.59 Å². The minimum Gasteiger partial charge on any atom is -0.286 e. The predicted molar refractivity (Wildman–Crippen MR) is 62.4 cm³/mol. The van der Waals surface area contributed by atoms with Crippen molar-refractivity contribution in [1.82, 2.24) is 0 Å². The molecule has 0 aromatic carbocycles. The van der Waals surface area contributed by atoms with Crippen LogP contribution in [0.1, 0.15) is 4.88 Å². The second-order valence-corrected chi connectivity index (χ2v) is 5.60. The molecule has 0 saturated carbocycles. The molecule has 0 N–H and O–H groups in total. The van der Waals surface area contributed by atoms with Crippen molar-refractivity contribution in [3.8, 4) is 0 Å². The zero-order valence-corrected chi connectivity index (χ0v) is 9.51. The average Bonchev–Trinajstić information content (AvgIpc) is 2.64. The first kappa shape index (κ1) is 10.0. The average molecular weight is 242 g/mol. The van der Waals surface area contributed by atoms with Crippen LogP contribution in [0.2, 0.25) is 0 Å². The van der Waals surface area contributed by atoms with E-state index in [2.05, 4.69) is 0 Å². The van der Waals surface area contributed by atoms with E-state index in [1.54, 1.807) is 17.4 Å². The second kappa shape index (κ2) is 4.33. The first-order valence-corrected chi connectivity index (χ1v) is 6.57. The number of rotatable bonds is 1. The van der Waals surface area contributed by atoms with Gasteiger partial charge in [0, 0.05) is 4.88 Å². The van der Waals surface area contributed by atoms with Crippen molar-refractivity contribution < 1.29 is 9.59 Å². The summed E-state index contributed by atoms with van der Waals surface area (Å²) in [4.78, 5) is 24.1. The molecule has 0 amide bonds. The molecule has 1 saturated heterocycles. The van der Waals surface area contributed by atoms with Crippen LogP contribution in [0.25, 0.3) is 6.08 Å². The van der Waals surface area contributed by atoms with Gasteiger partial charge in [0.15, 0.2) is 0 Å². The van der Waals surface area contributed by atoms with Crippen LogP contribution in [0.5, 0.6) is 0 Å². The molecule has 1 aliphatic heterocycles. The van der Waals surface area contributed by atoms with Crippen molar-refractivity contribution in [3.05, 3.63) is 27.3 Å². The largest absolute Gasteiger partial charge is 0.286 e. The van der Waals surface area contributed by atoms with E-state index >= 15 is 0 Å². The summed E-state index contributed by atoms with van der Waals surface area (Å²) < 4.78 is 0. The van der Waals surface area contributed by atoms with Gasteiger partial charge in [-0.2, -0.15) is 0 Å². The fraction of sp³-hybridized carbons (Fsp3) is 0.111. The monoisotopic (exact) mass is 242 g/mol. The summed E-state index contributed by atoms with van der Waals surface area (Å²) in [5.74, 6) is 0.297. The van der Waals surface area contributed by atoms with E-state index < -0.39 is 0 Å². The standard InChI is InChI=1S/C9H6O2S3/c10-8-5-13-9(11)7(14-8)4-6-2-1-3-12-6/h1-4H,5H2/b7-4-. The molecule has 1 fully saturated rings. The molecule has 2 heterocycles. The van der Waals surface area contributed by atoms with Crippen LogP contribution in [0.4, 0.5) is 0 Å². The fourth-order valence-corrected chi connectivity index (χ4v) is 3.39. The maximum absolute atomic E-state index is 11.4. The van der Waals surface area contributed by atoms with Gasteiger partial charge in [0.25, 0.3) is 0 Å². The fourth-order valence-electron chi connectivity index (χ4n) is 0.980. The maximum Gasteiger partial charge on any atom is 0.226 e. The Hall–Kier alpha value is -0.520. The van der Waals surface area contributed by atoms with Crippen molar-refractivity contribution in [2.45, 2.75) is 0 Å². The molecule has 2 rings (SSSR count). The summed E-state index contributed by atoms with van der Waals surface area (Å²) in [6, 6.07) is 3.85. The zero-order chi connectivity index (χ0) is 9.97.